The minimum absolute atomic E-state index is 0.316. The van der Waals surface area contributed by atoms with E-state index in [0.717, 1.165) is 0 Å². The summed E-state index contributed by atoms with van der Waals surface area (Å²) >= 11 is 2.54. The van der Waals surface area contributed by atoms with Gasteiger partial charge in [0.2, 0.25) is 0 Å². The summed E-state index contributed by atoms with van der Waals surface area (Å²) < 4.78 is 0.488. The summed E-state index contributed by atoms with van der Waals surface area (Å²) in [6, 6.07) is 1.22. The predicted molar refractivity (Wildman–Crippen MR) is 43.5 cm³/mol. The van der Waals surface area contributed by atoms with Gasteiger partial charge in [-0.15, -0.1) is 0 Å². The molecule has 0 amide bonds. The summed E-state index contributed by atoms with van der Waals surface area (Å²) in [5.74, 6) is -2.65. The van der Waals surface area contributed by atoms with E-state index < -0.39 is 17.6 Å². The van der Waals surface area contributed by atoms with Gasteiger partial charge in [0.05, 0.1) is 0 Å². The van der Waals surface area contributed by atoms with Gasteiger partial charge in [-0.2, -0.15) is 0 Å². The van der Waals surface area contributed by atoms with E-state index in [1.807, 2.05) is 0 Å². The molecule has 1 radical (unpaired) electrons. The SMILES string of the molecule is O=C(O)c1cc([Se])cnc1C(=O)O. The summed E-state index contributed by atoms with van der Waals surface area (Å²) in [6.45, 7) is 0. The molecule has 0 saturated carbocycles. The second-order valence-corrected chi connectivity index (χ2v) is 3.17. The molecule has 0 aliphatic heterocycles. The minimum atomic E-state index is -1.35. The Kier molecular flexibility index (Phi) is 2.65. The van der Waals surface area contributed by atoms with Crippen molar-refractivity contribution in [3.05, 3.63) is 23.5 Å². The zero-order chi connectivity index (χ0) is 10.0. The van der Waals surface area contributed by atoms with Gasteiger partial charge in [0.15, 0.2) is 0 Å². The fourth-order valence-electron chi connectivity index (χ4n) is 0.779. The molecule has 13 heavy (non-hydrogen) atoms. The van der Waals surface area contributed by atoms with Crippen LogP contribution in [0.15, 0.2) is 12.3 Å². The second-order valence-electron chi connectivity index (χ2n) is 2.18. The number of carboxylic acid groups (broad SMARTS) is 2. The predicted octanol–water partition coefficient (Wildman–Crippen LogP) is -0.728. The molecule has 1 aromatic heterocycles. The zero-order valence-corrected chi connectivity index (χ0v) is 7.93. The second kappa shape index (κ2) is 3.55. The summed E-state index contributed by atoms with van der Waals surface area (Å²) in [5.41, 5.74) is -0.768. The summed E-state index contributed by atoms with van der Waals surface area (Å²) in [6.07, 6.45) is 1.26. The third kappa shape index (κ3) is 2.05. The average Bonchev–Trinajstić information content (AvgIpc) is 2.03. The molecule has 0 aliphatic carbocycles. The van der Waals surface area contributed by atoms with Gasteiger partial charge in [-0.1, -0.05) is 0 Å². The molecule has 5 nitrogen and oxygen atoms in total. The fraction of sp³-hybridized carbons (Fsp3) is 0. The molecule has 0 unspecified atom stereocenters. The van der Waals surface area contributed by atoms with Gasteiger partial charge >= 0.3 is 80.7 Å². The zero-order valence-electron chi connectivity index (χ0n) is 6.22. The molecule has 0 saturated heterocycles. The van der Waals surface area contributed by atoms with Crippen LogP contribution >= 0.6 is 0 Å². The molecule has 2 N–H and O–H groups in total. The standard InChI is InChI=1S/C7H4NO4Se/c9-6(10)4-1-3(13)2-8-5(4)7(11)12/h1-2H,(H,9,10)(H,11,12). The van der Waals surface area contributed by atoms with Crippen LogP contribution in [0.25, 0.3) is 0 Å². The van der Waals surface area contributed by atoms with E-state index >= 15 is 0 Å². The van der Waals surface area contributed by atoms with Crippen LogP contribution in [0.3, 0.4) is 0 Å². The van der Waals surface area contributed by atoms with Crippen molar-refractivity contribution < 1.29 is 19.8 Å². The molecule has 0 fully saturated rings. The Labute approximate surface area is 81.2 Å². The van der Waals surface area contributed by atoms with Crippen molar-refractivity contribution in [1.29, 1.82) is 0 Å². The number of carboxylic acids is 2. The average molecular weight is 245 g/mol. The normalized spacial score (nSPS) is 9.54. The first-order valence-corrected chi connectivity index (χ1v) is 4.01. The van der Waals surface area contributed by atoms with E-state index in [9.17, 15) is 9.59 Å². The van der Waals surface area contributed by atoms with Crippen LogP contribution in [0.4, 0.5) is 0 Å². The van der Waals surface area contributed by atoms with E-state index in [2.05, 4.69) is 21.0 Å². The van der Waals surface area contributed by atoms with Crippen LogP contribution in [-0.2, 0) is 0 Å². The number of carbonyl (C=O) groups is 2. The molecule has 1 rings (SSSR count). The third-order valence-electron chi connectivity index (χ3n) is 1.30. The Hall–Kier alpha value is -1.39. The third-order valence-corrected chi connectivity index (χ3v) is 1.76. The van der Waals surface area contributed by atoms with E-state index in [4.69, 9.17) is 10.2 Å². The van der Waals surface area contributed by atoms with E-state index in [1.165, 1.54) is 12.3 Å². The molecule has 0 atom stereocenters. The van der Waals surface area contributed by atoms with Crippen LogP contribution in [0.1, 0.15) is 20.8 Å². The van der Waals surface area contributed by atoms with Crippen LogP contribution in [0.5, 0.6) is 0 Å². The van der Waals surface area contributed by atoms with Gasteiger partial charge in [0.1, 0.15) is 0 Å². The summed E-state index contributed by atoms with van der Waals surface area (Å²) in [5, 5.41) is 17.2. The first-order valence-electron chi connectivity index (χ1n) is 3.16. The van der Waals surface area contributed by atoms with Crippen molar-refractivity contribution in [3.63, 3.8) is 0 Å². The van der Waals surface area contributed by atoms with Gasteiger partial charge < -0.3 is 0 Å². The fourth-order valence-corrected chi connectivity index (χ4v) is 1.14. The Morgan fingerprint density at radius 2 is 1.92 bits per heavy atom. The molecule has 1 heterocycles. The van der Waals surface area contributed by atoms with Crippen LogP contribution in [0.2, 0.25) is 0 Å². The summed E-state index contributed by atoms with van der Waals surface area (Å²) in [7, 11) is 0. The van der Waals surface area contributed by atoms with Crippen molar-refractivity contribution >= 4 is 32.4 Å². The Morgan fingerprint density at radius 1 is 1.31 bits per heavy atom. The Balaban J connectivity index is 3.35. The summed E-state index contributed by atoms with van der Waals surface area (Å²) in [4.78, 5) is 24.6. The van der Waals surface area contributed by atoms with Crippen molar-refractivity contribution in [2.24, 2.45) is 0 Å². The van der Waals surface area contributed by atoms with Crippen molar-refractivity contribution in [2.45, 2.75) is 0 Å². The van der Waals surface area contributed by atoms with Crippen molar-refractivity contribution in [2.75, 3.05) is 0 Å². The van der Waals surface area contributed by atoms with Crippen LogP contribution in [0, 0.1) is 0 Å². The Morgan fingerprint density at radius 3 is 2.38 bits per heavy atom. The quantitative estimate of drug-likeness (QED) is 0.671. The van der Waals surface area contributed by atoms with Gasteiger partial charge in [0.25, 0.3) is 0 Å². The van der Waals surface area contributed by atoms with Crippen molar-refractivity contribution in [3.8, 4) is 0 Å². The van der Waals surface area contributed by atoms with Gasteiger partial charge in [-0.05, 0) is 0 Å². The Bertz CT molecular complexity index is 377. The van der Waals surface area contributed by atoms with Crippen LogP contribution in [-0.4, -0.2) is 43.1 Å². The van der Waals surface area contributed by atoms with E-state index in [0.29, 0.717) is 4.46 Å². The molecule has 0 bridgehead atoms. The van der Waals surface area contributed by atoms with Gasteiger partial charge in [-0.25, -0.2) is 0 Å². The molecular weight excluding hydrogens is 241 g/mol. The monoisotopic (exact) mass is 246 g/mol. The van der Waals surface area contributed by atoms with Crippen LogP contribution < -0.4 is 4.46 Å². The molecule has 0 spiro atoms. The number of pyridine rings is 1. The molecular formula is C7H4NO4Se. The van der Waals surface area contributed by atoms with Crippen molar-refractivity contribution in [1.82, 2.24) is 4.98 Å². The van der Waals surface area contributed by atoms with Gasteiger partial charge in [-0.3, -0.25) is 0 Å². The first kappa shape index (κ1) is 9.70. The maximum absolute atomic E-state index is 10.6. The molecule has 67 valence electrons. The van der Waals surface area contributed by atoms with E-state index in [-0.39, 0.29) is 5.56 Å². The number of rotatable bonds is 2. The molecule has 6 heteroatoms. The number of hydrogen-bond acceptors (Lipinski definition) is 3. The topological polar surface area (TPSA) is 87.5 Å². The first-order chi connectivity index (χ1) is 6.02. The number of nitrogens with zero attached hydrogens (tertiary/aromatic N) is 1. The molecule has 0 aromatic carbocycles. The van der Waals surface area contributed by atoms with Gasteiger partial charge in [0, 0.05) is 0 Å². The number of aromatic nitrogens is 1. The van der Waals surface area contributed by atoms with E-state index in [1.54, 1.807) is 0 Å². The molecule has 1 aromatic rings. The number of hydrogen-bond donors (Lipinski definition) is 2. The maximum atomic E-state index is 10.6. The number of aromatic carboxylic acids is 2. The molecule has 0 aliphatic rings.